The molecule has 0 N–H and O–H groups in total. The van der Waals surface area contributed by atoms with E-state index in [0.717, 1.165) is 11.1 Å². The molecule has 4 rings (SSSR count). The van der Waals surface area contributed by atoms with Crippen LogP contribution in [0.25, 0.3) is 11.5 Å². The molecule has 1 aliphatic rings. The number of pyridine rings is 1. The lowest BCUT2D eigenvalue weighted by Crippen LogP contribution is -2.30. The zero-order valence-corrected chi connectivity index (χ0v) is 15.9. The van der Waals surface area contributed by atoms with Crippen molar-refractivity contribution in [3.05, 3.63) is 65.8 Å². The van der Waals surface area contributed by atoms with E-state index in [2.05, 4.69) is 15.2 Å². The molecule has 1 aliphatic heterocycles. The molecule has 1 saturated heterocycles. The summed E-state index contributed by atoms with van der Waals surface area (Å²) in [6, 6.07) is 11.5. The largest absolute Gasteiger partial charge is 0.420 e. The number of amides is 1. The minimum absolute atomic E-state index is 0.0306. The summed E-state index contributed by atoms with van der Waals surface area (Å²) >= 11 is 0. The molecule has 0 radical (unpaired) electrons. The smallest absolute Gasteiger partial charge is 0.255 e. The van der Waals surface area contributed by atoms with E-state index in [-0.39, 0.29) is 17.7 Å². The van der Waals surface area contributed by atoms with Gasteiger partial charge in [0, 0.05) is 44.1 Å². The van der Waals surface area contributed by atoms with Crippen molar-refractivity contribution in [1.82, 2.24) is 20.1 Å². The lowest BCUT2D eigenvalue weighted by atomic mass is 9.97. The van der Waals surface area contributed by atoms with Gasteiger partial charge in [0.15, 0.2) is 0 Å². The first-order valence-corrected chi connectivity index (χ1v) is 9.25. The fourth-order valence-electron chi connectivity index (χ4n) is 3.64. The standard InChI is InChI=1S/C21H22N4O3/c1-14-8-9-22-10-17(14)21(26)25-11-16(13-27-2)18(12-25)20-24-23-19(28-20)15-6-4-3-5-7-15/h3-10,16,18H,11-13H2,1-2H3. The molecule has 144 valence electrons. The van der Waals surface area contributed by atoms with Gasteiger partial charge in [-0.3, -0.25) is 9.78 Å². The third-order valence-corrected chi connectivity index (χ3v) is 5.16. The Morgan fingerprint density at radius 3 is 2.79 bits per heavy atom. The van der Waals surface area contributed by atoms with Crippen molar-refractivity contribution >= 4 is 5.91 Å². The van der Waals surface area contributed by atoms with E-state index in [9.17, 15) is 4.79 Å². The summed E-state index contributed by atoms with van der Waals surface area (Å²) in [6.45, 7) is 3.52. The van der Waals surface area contributed by atoms with Crippen LogP contribution in [0.4, 0.5) is 0 Å². The van der Waals surface area contributed by atoms with Crippen molar-refractivity contribution in [2.75, 3.05) is 26.8 Å². The average molecular weight is 378 g/mol. The number of nitrogens with zero attached hydrogens (tertiary/aromatic N) is 4. The highest BCUT2D eigenvalue weighted by molar-refractivity contribution is 5.95. The summed E-state index contributed by atoms with van der Waals surface area (Å²) in [6.07, 6.45) is 3.31. The molecule has 7 heteroatoms. The van der Waals surface area contributed by atoms with Gasteiger partial charge in [-0.05, 0) is 30.7 Å². The van der Waals surface area contributed by atoms with Gasteiger partial charge in [0.2, 0.25) is 11.8 Å². The van der Waals surface area contributed by atoms with Crippen molar-refractivity contribution in [1.29, 1.82) is 0 Å². The summed E-state index contributed by atoms with van der Waals surface area (Å²) < 4.78 is 11.3. The van der Waals surface area contributed by atoms with E-state index in [1.165, 1.54) is 0 Å². The first-order valence-electron chi connectivity index (χ1n) is 9.25. The molecule has 0 saturated carbocycles. The van der Waals surface area contributed by atoms with E-state index in [0.29, 0.717) is 37.0 Å². The first kappa shape index (κ1) is 18.3. The molecule has 2 atom stereocenters. The Kier molecular flexibility index (Phi) is 5.16. The number of ether oxygens (including phenoxy) is 1. The minimum Gasteiger partial charge on any atom is -0.420 e. The molecular formula is C21H22N4O3. The molecule has 0 spiro atoms. The average Bonchev–Trinajstić information content (AvgIpc) is 3.36. The van der Waals surface area contributed by atoms with E-state index in [4.69, 9.17) is 9.15 Å². The second kappa shape index (κ2) is 7.90. The maximum atomic E-state index is 13.0. The second-order valence-electron chi connectivity index (χ2n) is 7.03. The maximum absolute atomic E-state index is 13.0. The van der Waals surface area contributed by atoms with Gasteiger partial charge in [-0.15, -0.1) is 10.2 Å². The molecule has 2 aromatic heterocycles. The highest BCUT2D eigenvalue weighted by Gasteiger charge is 2.40. The Bertz CT molecular complexity index is 957. The molecule has 0 aliphatic carbocycles. The molecule has 3 heterocycles. The Morgan fingerprint density at radius 1 is 1.21 bits per heavy atom. The van der Waals surface area contributed by atoms with E-state index >= 15 is 0 Å². The van der Waals surface area contributed by atoms with Crippen LogP contribution < -0.4 is 0 Å². The van der Waals surface area contributed by atoms with Crippen LogP contribution in [0.15, 0.2) is 53.2 Å². The maximum Gasteiger partial charge on any atom is 0.255 e. The third-order valence-electron chi connectivity index (χ3n) is 5.16. The van der Waals surface area contributed by atoms with Crippen LogP contribution in [0.2, 0.25) is 0 Å². The lowest BCUT2D eigenvalue weighted by Gasteiger charge is -2.17. The van der Waals surface area contributed by atoms with Gasteiger partial charge in [0.25, 0.3) is 5.91 Å². The highest BCUT2D eigenvalue weighted by atomic mass is 16.5. The number of benzene rings is 1. The topological polar surface area (TPSA) is 81.4 Å². The molecule has 1 aromatic carbocycles. The van der Waals surface area contributed by atoms with Crippen LogP contribution in [-0.4, -0.2) is 52.8 Å². The highest BCUT2D eigenvalue weighted by Crippen LogP contribution is 2.34. The van der Waals surface area contributed by atoms with Gasteiger partial charge in [0.1, 0.15) is 0 Å². The number of carbonyl (C=O) groups excluding carboxylic acids is 1. The Balaban J connectivity index is 1.58. The third kappa shape index (κ3) is 3.53. The number of aryl methyl sites for hydroxylation is 1. The summed E-state index contributed by atoms with van der Waals surface area (Å²) in [7, 11) is 1.66. The Hall–Kier alpha value is -3.06. The number of rotatable bonds is 5. The number of carbonyl (C=O) groups is 1. The molecule has 28 heavy (non-hydrogen) atoms. The summed E-state index contributed by atoms with van der Waals surface area (Å²) in [5.74, 6) is 1.02. The molecule has 3 aromatic rings. The fraction of sp³-hybridized carbons (Fsp3) is 0.333. The Labute approximate surface area is 163 Å². The predicted molar refractivity (Wildman–Crippen MR) is 103 cm³/mol. The summed E-state index contributed by atoms with van der Waals surface area (Å²) in [4.78, 5) is 18.9. The first-order chi connectivity index (χ1) is 13.7. The molecular weight excluding hydrogens is 356 g/mol. The van der Waals surface area contributed by atoms with Crippen LogP contribution in [0.3, 0.4) is 0 Å². The number of hydrogen-bond acceptors (Lipinski definition) is 6. The number of methoxy groups -OCH3 is 1. The van der Waals surface area contributed by atoms with E-state index in [1.807, 2.05) is 48.2 Å². The van der Waals surface area contributed by atoms with Gasteiger partial charge in [-0.2, -0.15) is 0 Å². The predicted octanol–water partition coefficient (Wildman–Crippen LogP) is 2.94. The molecule has 7 nitrogen and oxygen atoms in total. The van der Waals surface area contributed by atoms with Gasteiger partial charge in [0.05, 0.1) is 18.1 Å². The lowest BCUT2D eigenvalue weighted by molar-refractivity contribution is 0.0774. The van der Waals surface area contributed by atoms with Crippen LogP contribution in [-0.2, 0) is 4.74 Å². The molecule has 2 unspecified atom stereocenters. The van der Waals surface area contributed by atoms with Crippen LogP contribution in [0.1, 0.15) is 27.7 Å². The number of likely N-dealkylation sites (tertiary alicyclic amines) is 1. The van der Waals surface area contributed by atoms with Crippen molar-refractivity contribution in [3.8, 4) is 11.5 Å². The zero-order chi connectivity index (χ0) is 19.5. The quantitative estimate of drug-likeness (QED) is 0.679. The Morgan fingerprint density at radius 2 is 2.04 bits per heavy atom. The van der Waals surface area contributed by atoms with Gasteiger partial charge < -0.3 is 14.1 Å². The normalized spacial score (nSPS) is 19.1. The monoisotopic (exact) mass is 378 g/mol. The SMILES string of the molecule is COCC1CN(C(=O)c2cnccc2C)CC1c1nnc(-c2ccccc2)o1. The minimum atomic E-state index is -0.0640. The van der Waals surface area contributed by atoms with Crippen molar-refractivity contribution in [3.63, 3.8) is 0 Å². The van der Waals surface area contributed by atoms with Crippen molar-refractivity contribution in [2.45, 2.75) is 12.8 Å². The zero-order valence-electron chi connectivity index (χ0n) is 15.9. The van der Waals surface area contributed by atoms with Crippen LogP contribution >= 0.6 is 0 Å². The molecule has 1 fully saturated rings. The molecule has 1 amide bonds. The van der Waals surface area contributed by atoms with Crippen LogP contribution in [0.5, 0.6) is 0 Å². The van der Waals surface area contributed by atoms with Crippen molar-refractivity contribution in [2.24, 2.45) is 5.92 Å². The second-order valence-corrected chi connectivity index (χ2v) is 7.03. The summed E-state index contributed by atoms with van der Waals surface area (Å²) in [5.41, 5.74) is 2.41. The van der Waals surface area contributed by atoms with Gasteiger partial charge in [-0.1, -0.05) is 18.2 Å². The summed E-state index contributed by atoms with van der Waals surface area (Å²) in [5, 5.41) is 8.47. The van der Waals surface area contributed by atoms with E-state index in [1.54, 1.807) is 19.5 Å². The number of aromatic nitrogens is 3. The van der Waals surface area contributed by atoms with Gasteiger partial charge >= 0.3 is 0 Å². The van der Waals surface area contributed by atoms with Crippen LogP contribution in [0, 0.1) is 12.8 Å². The van der Waals surface area contributed by atoms with Crippen molar-refractivity contribution < 1.29 is 13.9 Å². The fourth-order valence-corrected chi connectivity index (χ4v) is 3.64. The van der Waals surface area contributed by atoms with Gasteiger partial charge in [-0.25, -0.2) is 0 Å². The molecule has 0 bridgehead atoms. The number of hydrogen-bond donors (Lipinski definition) is 0. The van der Waals surface area contributed by atoms with E-state index < -0.39 is 0 Å².